The van der Waals surface area contributed by atoms with Gasteiger partial charge in [0, 0.05) is 12.2 Å². The first-order valence-corrected chi connectivity index (χ1v) is 5.29. The van der Waals surface area contributed by atoms with E-state index in [9.17, 15) is 0 Å². The van der Waals surface area contributed by atoms with Crippen molar-refractivity contribution in [3.05, 3.63) is 29.8 Å². The topological polar surface area (TPSA) is 38.5 Å². The van der Waals surface area contributed by atoms with E-state index in [1.807, 2.05) is 12.1 Å². The number of hydrogen-bond acceptors (Lipinski definition) is 3. The molecule has 1 aromatic carbocycles. The summed E-state index contributed by atoms with van der Waals surface area (Å²) in [5.74, 6) is 0. The maximum absolute atomic E-state index is 5.89. The first-order valence-electron chi connectivity index (χ1n) is 5.29. The van der Waals surface area contributed by atoms with Crippen LogP contribution in [0.2, 0.25) is 0 Å². The summed E-state index contributed by atoms with van der Waals surface area (Å²) in [4.78, 5) is 2.18. The summed E-state index contributed by atoms with van der Waals surface area (Å²) in [7, 11) is 2.07. The summed E-state index contributed by atoms with van der Waals surface area (Å²) in [6.45, 7) is 3.91. The van der Waals surface area contributed by atoms with Crippen LogP contribution in [0.4, 0.5) is 5.69 Å². The minimum atomic E-state index is -0.153. The predicted octanol–water partition coefficient (Wildman–Crippen LogP) is 1.79. The Morgan fingerprint density at radius 1 is 1.33 bits per heavy atom. The molecule has 1 atom stereocenters. The molecule has 1 fully saturated rings. The van der Waals surface area contributed by atoms with Crippen LogP contribution < -0.4 is 5.73 Å². The van der Waals surface area contributed by atoms with Crippen LogP contribution in [0.1, 0.15) is 18.9 Å². The zero-order valence-corrected chi connectivity index (χ0v) is 9.36. The molecular formula is C12H18N2O. The SMILES string of the molecule is CN1CCC(C)(c2ccc(N)cc2)OC1. The van der Waals surface area contributed by atoms with E-state index in [2.05, 4.69) is 31.0 Å². The first kappa shape index (κ1) is 10.5. The van der Waals surface area contributed by atoms with Crippen LogP contribution in [-0.4, -0.2) is 25.2 Å². The molecule has 2 N–H and O–H groups in total. The largest absolute Gasteiger partial charge is 0.399 e. The van der Waals surface area contributed by atoms with E-state index in [1.54, 1.807) is 0 Å². The van der Waals surface area contributed by atoms with Gasteiger partial charge in [-0.15, -0.1) is 0 Å². The molecule has 3 nitrogen and oxygen atoms in total. The zero-order valence-electron chi connectivity index (χ0n) is 9.36. The second-order valence-corrected chi connectivity index (χ2v) is 4.46. The molecule has 2 rings (SSSR count). The Morgan fingerprint density at radius 2 is 2.00 bits per heavy atom. The fourth-order valence-electron chi connectivity index (χ4n) is 1.86. The molecule has 1 heterocycles. The molecule has 0 saturated carbocycles. The molecule has 1 aliphatic heterocycles. The van der Waals surface area contributed by atoms with E-state index < -0.39 is 0 Å². The number of anilines is 1. The van der Waals surface area contributed by atoms with Crippen LogP contribution in [0, 0.1) is 0 Å². The van der Waals surface area contributed by atoms with E-state index in [4.69, 9.17) is 10.5 Å². The average molecular weight is 206 g/mol. The number of rotatable bonds is 1. The third-order valence-electron chi connectivity index (χ3n) is 3.10. The van der Waals surface area contributed by atoms with Gasteiger partial charge >= 0.3 is 0 Å². The van der Waals surface area contributed by atoms with E-state index in [0.717, 1.165) is 18.7 Å². The van der Waals surface area contributed by atoms with Crippen LogP contribution in [0.15, 0.2) is 24.3 Å². The highest BCUT2D eigenvalue weighted by Crippen LogP contribution is 2.32. The van der Waals surface area contributed by atoms with Gasteiger partial charge < -0.3 is 10.5 Å². The quantitative estimate of drug-likeness (QED) is 0.712. The lowest BCUT2D eigenvalue weighted by molar-refractivity contribution is -0.126. The maximum atomic E-state index is 5.89. The number of ether oxygens (including phenoxy) is 1. The van der Waals surface area contributed by atoms with Crippen molar-refractivity contribution in [1.82, 2.24) is 4.90 Å². The number of hydrogen-bond donors (Lipinski definition) is 1. The van der Waals surface area contributed by atoms with Gasteiger partial charge in [-0.2, -0.15) is 0 Å². The minimum Gasteiger partial charge on any atom is -0.399 e. The van der Waals surface area contributed by atoms with Crippen molar-refractivity contribution < 1.29 is 4.74 Å². The molecule has 0 aromatic heterocycles. The minimum absolute atomic E-state index is 0.153. The van der Waals surface area contributed by atoms with E-state index >= 15 is 0 Å². The van der Waals surface area contributed by atoms with Crippen LogP contribution in [0.25, 0.3) is 0 Å². The lowest BCUT2D eigenvalue weighted by Gasteiger charge is -2.38. The fourth-order valence-corrected chi connectivity index (χ4v) is 1.86. The van der Waals surface area contributed by atoms with Crippen molar-refractivity contribution in [1.29, 1.82) is 0 Å². The van der Waals surface area contributed by atoms with Gasteiger partial charge in [-0.1, -0.05) is 12.1 Å². The Hall–Kier alpha value is -1.06. The van der Waals surface area contributed by atoms with Crippen molar-refractivity contribution in [3.63, 3.8) is 0 Å². The normalized spacial score (nSPS) is 27.9. The maximum Gasteiger partial charge on any atom is 0.0999 e. The summed E-state index contributed by atoms with van der Waals surface area (Å²) in [6.07, 6.45) is 1.02. The second-order valence-electron chi connectivity index (χ2n) is 4.46. The smallest absolute Gasteiger partial charge is 0.0999 e. The molecule has 0 amide bonds. The van der Waals surface area contributed by atoms with Gasteiger partial charge in [0.25, 0.3) is 0 Å². The van der Waals surface area contributed by atoms with E-state index in [-0.39, 0.29) is 5.60 Å². The van der Waals surface area contributed by atoms with Gasteiger partial charge in [-0.3, -0.25) is 4.90 Å². The van der Waals surface area contributed by atoms with E-state index in [1.165, 1.54) is 5.56 Å². The molecule has 1 aliphatic rings. The Kier molecular flexibility index (Phi) is 2.67. The van der Waals surface area contributed by atoms with Gasteiger partial charge in [0.2, 0.25) is 0 Å². The summed E-state index contributed by atoms with van der Waals surface area (Å²) in [5.41, 5.74) is 7.53. The van der Waals surface area contributed by atoms with Gasteiger partial charge in [-0.05, 0) is 38.1 Å². The van der Waals surface area contributed by atoms with Crippen molar-refractivity contribution >= 4 is 5.69 Å². The highest BCUT2D eigenvalue weighted by atomic mass is 16.5. The molecule has 0 spiro atoms. The van der Waals surface area contributed by atoms with Gasteiger partial charge in [0.05, 0.1) is 12.3 Å². The summed E-state index contributed by atoms with van der Waals surface area (Å²) >= 11 is 0. The molecule has 0 radical (unpaired) electrons. The number of nitrogens with two attached hydrogens (primary N) is 1. The third-order valence-corrected chi connectivity index (χ3v) is 3.10. The number of nitrogens with zero attached hydrogens (tertiary/aromatic N) is 1. The molecule has 15 heavy (non-hydrogen) atoms. The Labute approximate surface area is 90.8 Å². The number of benzene rings is 1. The molecule has 1 aromatic rings. The standard InChI is InChI=1S/C12H18N2O/c1-12(7-8-14(2)9-15-12)10-3-5-11(13)6-4-10/h3-6H,7-9,13H2,1-2H3. The number of nitrogen functional groups attached to an aromatic ring is 1. The van der Waals surface area contributed by atoms with Crippen molar-refractivity contribution in [3.8, 4) is 0 Å². The molecule has 1 unspecified atom stereocenters. The summed E-state index contributed by atoms with van der Waals surface area (Å²) in [5, 5.41) is 0. The van der Waals surface area contributed by atoms with Crippen molar-refractivity contribution in [2.24, 2.45) is 0 Å². The zero-order chi connectivity index (χ0) is 10.9. The predicted molar refractivity (Wildman–Crippen MR) is 61.4 cm³/mol. The van der Waals surface area contributed by atoms with Crippen LogP contribution in [-0.2, 0) is 10.3 Å². The van der Waals surface area contributed by atoms with Gasteiger partial charge in [-0.25, -0.2) is 0 Å². The molecular weight excluding hydrogens is 188 g/mol. The Morgan fingerprint density at radius 3 is 2.53 bits per heavy atom. The molecule has 0 aliphatic carbocycles. The average Bonchev–Trinajstić information content (AvgIpc) is 2.24. The first-order chi connectivity index (χ1) is 7.10. The lowest BCUT2D eigenvalue weighted by atomic mass is 9.91. The third kappa shape index (κ3) is 2.13. The Balaban J connectivity index is 2.18. The van der Waals surface area contributed by atoms with Crippen LogP contribution >= 0.6 is 0 Å². The fraction of sp³-hybridized carbons (Fsp3) is 0.500. The van der Waals surface area contributed by atoms with Crippen LogP contribution in [0.5, 0.6) is 0 Å². The van der Waals surface area contributed by atoms with E-state index in [0.29, 0.717) is 6.73 Å². The van der Waals surface area contributed by atoms with Gasteiger partial charge in [0.1, 0.15) is 0 Å². The monoisotopic (exact) mass is 206 g/mol. The van der Waals surface area contributed by atoms with Crippen molar-refractivity contribution in [2.45, 2.75) is 18.9 Å². The Bertz CT molecular complexity index is 326. The molecule has 3 heteroatoms. The second kappa shape index (κ2) is 3.83. The van der Waals surface area contributed by atoms with Gasteiger partial charge in [0.15, 0.2) is 0 Å². The summed E-state index contributed by atoms with van der Waals surface area (Å²) < 4.78 is 5.89. The molecule has 82 valence electrons. The highest BCUT2D eigenvalue weighted by molar-refractivity contribution is 5.40. The van der Waals surface area contributed by atoms with Crippen molar-refractivity contribution in [2.75, 3.05) is 26.1 Å². The lowest BCUT2D eigenvalue weighted by Crippen LogP contribution is -2.41. The molecule has 0 bridgehead atoms. The van der Waals surface area contributed by atoms with Crippen LogP contribution in [0.3, 0.4) is 0 Å². The highest BCUT2D eigenvalue weighted by Gasteiger charge is 2.31. The summed E-state index contributed by atoms with van der Waals surface area (Å²) in [6, 6.07) is 7.98. The molecule has 1 saturated heterocycles.